The average molecular weight is 345 g/mol. The lowest BCUT2D eigenvalue weighted by molar-refractivity contribution is 0.297. The minimum absolute atomic E-state index is 0.00436. The fourth-order valence-electron chi connectivity index (χ4n) is 2.28. The number of aromatic amines is 1. The van der Waals surface area contributed by atoms with Gasteiger partial charge in [0.1, 0.15) is 18.2 Å². The van der Waals surface area contributed by atoms with E-state index in [1.54, 1.807) is 31.2 Å². The van der Waals surface area contributed by atoms with E-state index in [9.17, 15) is 10.1 Å². The molecule has 0 saturated heterocycles. The lowest BCUT2D eigenvalue weighted by Crippen LogP contribution is -2.13. The predicted octanol–water partition coefficient (Wildman–Crippen LogP) is 3.84. The van der Waals surface area contributed by atoms with Gasteiger partial charge in [-0.1, -0.05) is 24.3 Å². The topological polar surface area (TPSA) is 75.1 Å². The molecule has 6 heteroatoms. The zero-order chi connectivity index (χ0) is 17.7. The molecule has 1 aromatic carbocycles. The highest BCUT2D eigenvalue weighted by Gasteiger charge is 2.17. The molecular formula is C18H17ClN2O3. The Hall–Kier alpha value is -2.71. The molecule has 1 heterocycles. The Balaban J connectivity index is 2.68. The molecule has 2 aromatic rings. The van der Waals surface area contributed by atoms with E-state index in [0.29, 0.717) is 46.6 Å². The van der Waals surface area contributed by atoms with Crippen LogP contribution < -0.4 is 15.0 Å². The van der Waals surface area contributed by atoms with Crippen molar-refractivity contribution < 1.29 is 9.47 Å². The number of ether oxygens (including phenoxy) is 2. The Bertz CT molecular complexity index is 866. The van der Waals surface area contributed by atoms with E-state index in [1.807, 2.05) is 13.0 Å². The van der Waals surface area contributed by atoms with Crippen LogP contribution in [-0.4, -0.2) is 18.2 Å². The van der Waals surface area contributed by atoms with Crippen LogP contribution in [0.1, 0.15) is 18.2 Å². The minimum atomic E-state index is -0.450. The van der Waals surface area contributed by atoms with Crippen LogP contribution in [0.5, 0.6) is 11.5 Å². The second kappa shape index (κ2) is 7.71. The number of nitriles is 1. The van der Waals surface area contributed by atoms with Crippen molar-refractivity contribution in [3.63, 3.8) is 0 Å². The molecule has 0 saturated carbocycles. The maximum Gasteiger partial charge on any atom is 0.266 e. The summed E-state index contributed by atoms with van der Waals surface area (Å²) in [6, 6.07) is 6.93. The molecule has 0 atom stereocenters. The zero-order valence-corrected chi connectivity index (χ0v) is 14.2. The molecule has 0 unspecified atom stereocenters. The van der Waals surface area contributed by atoms with Crippen molar-refractivity contribution in [2.75, 3.05) is 13.2 Å². The average Bonchev–Trinajstić information content (AvgIpc) is 2.54. The molecule has 5 nitrogen and oxygen atoms in total. The number of hydrogen-bond donors (Lipinski definition) is 1. The highest BCUT2D eigenvalue weighted by atomic mass is 35.5. The molecule has 0 aliphatic heterocycles. The summed E-state index contributed by atoms with van der Waals surface area (Å²) < 4.78 is 11.2. The van der Waals surface area contributed by atoms with Gasteiger partial charge in [-0.2, -0.15) is 5.26 Å². The van der Waals surface area contributed by atoms with Crippen LogP contribution in [0.2, 0.25) is 5.02 Å². The summed E-state index contributed by atoms with van der Waals surface area (Å²) in [7, 11) is 0. The van der Waals surface area contributed by atoms with Gasteiger partial charge < -0.3 is 14.5 Å². The molecule has 0 amide bonds. The van der Waals surface area contributed by atoms with Gasteiger partial charge in [0, 0.05) is 22.9 Å². The van der Waals surface area contributed by atoms with E-state index in [0.717, 1.165) is 0 Å². The third kappa shape index (κ3) is 3.61. The summed E-state index contributed by atoms with van der Waals surface area (Å²) in [4.78, 5) is 14.6. The van der Waals surface area contributed by atoms with Crippen LogP contribution in [0, 0.1) is 18.3 Å². The Labute approximate surface area is 145 Å². The molecule has 0 radical (unpaired) electrons. The second-order valence-electron chi connectivity index (χ2n) is 4.99. The van der Waals surface area contributed by atoms with Gasteiger partial charge in [0.2, 0.25) is 0 Å². The standard InChI is InChI=1S/C18H17ClN2O3/c1-4-6-24-17-9-15(19)13(8-16(17)23-5-2)12-7-11(3)21-18(22)14(12)10-20/h4,7-9H,1,5-6H2,2-3H3,(H,21,22). The van der Waals surface area contributed by atoms with Crippen molar-refractivity contribution in [3.05, 3.63) is 57.5 Å². The maximum absolute atomic E-state index is 12.0. The van der Waals surface area contributed by atoms with Crippen LogP contribution >= 0.6 is 11.6 Å². The first kappa shape index (κ1) is 17.6. The number of hydrogen-bond acceptors (Lipinski definition) is 4. The molecule has 24 heavy (non-hydrogen) atoms. The third-order valence-corrected chi connectivity index (χ3v) is 3.57. The Morgan fingerprint density at radius 2 is 2.00 bits per heavy atom. The molecular weight excluding hydrogens is 328 g/mol. The van der Waals surface area contributed by atoms with Crippen molar-refractivity contribution >= 4 is 11.6 Å². The first-order valence-corrected chi connectivity index (χ1v) is 7.74. The van der Waals surface area contributed by atoms with Gasteiger partial charge in [0.05, 0.1) is 11.6 Å². The van der Waals surface area contributed by atoms with Crippen molar-refractivity contribution in [2.45, 2.75) is 13.8 Å². The van der Waals surface area contributed by atoms with Gasteiger partial charge in [-0.15, -0.1) is 0 Å². The van der Waals surface area contributed by atoms with Crippen LogP contribution in [-0.2, 0) is 0 Å². The van der Waals surface area contributed by atoms with Gasteiger partial charge in [-0.25, -0.2) is 0 Å². The SMILES string of the molecule is C=CCOc1cc(Cl)c(-c2cc(C)[nH]c(=O)c2C#N)cc1OCC. The molecule has 0 bridgehead atoms. The number of aromatic nitrogens is 1. The summed E-state index contributed by atoms with van der Waals surface area (Å²) in [5.74, 6) is 0.964. The van der Waals surface area contributed by atoms with E-state index in [2.05, 4.69) is 11.6 Å². The number of aryl methyl sites for hydroxylation is 1. The van der Waals surface area contributed by atoms with E-state index in [1.165, 1.54) is 0 Å². The third-order valence-electron chi connectivity index (χ3n) is 3.26. The predicted molar refractivity (Wildman–Crippen MR) is 93.8 cm³/mol. The van der Waals surface area contributed by atoms with Crippen LogP contribution in [0.3, 0.4) is 0 Å². The molecule has 0 fully saturated rings. The minimum Gasteiger partial charge on any atom is -0.490 e. The summed E-state index contributed by atoms with van der Waals surface area (Å²) in [5, 5.41) is 9.67. The fourth-order valence-corrected chi connectivity index (χ4v) is 2.54. The van der Waals surface area contributed by atoms with Crippen LogP contribution in [0.25, 0.3) is 11.1 Å². The molecule has 0 aliphatic carbocycles. The van der Waals surface area contributed by atoms with Gasteiger partial charge in [-0.3, -0.25) is 4.79 Å². The molecule has 124 valence electrons. The summed E-state index contributed by atoms with van der Waals surface area (Å²) in [6.45, 7) is 7.94. The highest BCUT2D eigenvalue weighted by molar-refractivity contribution is 6.33. The van der Waals surface area contributed by atoms with E-state index < -0.39 is 5.56 Å². The van der Waals surface area contributed by atoms with Crippen LogP contribution in [0.15, 0.2) is 35.6 Å². The zero-order valence-electron chi connectivity index (χ0n) is 13.5. The van der Waals surface area contributed by atoms with Crippen molar-refractivity contribution in [1.29, 1.82) is 5.26 Å². The lowest BCUT2D eigenvalue weighted by atomic mass is 10.0. The van der Waals surface area contributed by atoms with Gasteiger partial charge in [-0.05, 0) is 26.0 Å². The molecule has 2 rings (SSSR count). The first-order chi connectivity index (χ1) is 11.5. The van der Waals surface area contributed by atoms with E-state index >= 15 is 0 Å². The Morgan fingerprint density at radius 3 is 2.62 bits per heavy atom. The fraction of sp³-hybridized carbons (Fsp3) is 0.222. The molecule has 0 aliphatic rings. The van der Waals surface area contributed by atoms with Gasteiger partial charge >= 0.3 is 0 Å². The maximum atomic E-state index is 12.0. The first-order valence-electron chi connectivity index (χ1n) is 7.36. The number of pyridine rings is 1. The number of benzene rings is 1. The summed E-state index contributed by atoms with van der Waals surface area (Å²) in [5.41, 5.74) is 1.19. The van der Waals surface area contributed by atoms with Crippen LogP contribution in [0.4, 0.5) is 0 Å². The van der Waals surface area contributed by atoms with E-state index in [4.69, 9.17) is 21.1 Å². The number of halogens is 1. The smallest absolute Gasteiger partial charge is 0.266 e. The lowest BCUT2D eigenvalue weighted by Gasteiger charge is -2.15. The van der Waals surface area contributed by atoms with Gasteiger partial charge in [0.15, 0.2) is 11.5 Å². The van der Waals surface area contributed by atoms with Gasteiger partial charge in [0.25, 0.3) is 5.56 Å². The summed E-state index contributed by atoms with van der Waals surface area (Å²) >= 11 is 6.37. The molecule has 0 spiro atoms. The largest absolute Gasteiger partial charge is 0.490 e. The number of nitrogens with zero attached hydrogens (tertiary/aromatic N) is 1. The summed E-state index contributed by atoms with van der Waals surface area (Å²) in [6.07, 6.45) is 1.62. The molecule has 1 aromatic heterocycles. The quantitative estimate of drug-likeness (QED) is 0.808. The van der Waals surface area contributed by atoms with Crippen molar-refractivity contribution in [3.8, 4) is 28.7 Å². The normalized spacial score (nSPS) is 10.1. The Kier molecular flexibility index (Phi) is 5.67. The number of nitrogens with one attached hydrogen (secondary N) is 1. The number of rotatable bonds is 6. The number of H-pyrrole nitrogens is 1. The van der Waals surface area contributed by atoms with Crippen molar-refractivity contribution in [1.82, 2.24) is 4.98 Å². The highest BCUT2D eigenvalue weighted by Crippen LogP contribution is 2.39. The Morgan fingerprint density at radius 1 is 1.29 bits per heavy atom. The van der Waals surface area contributed by atoms with Crippen molar-refractivity contribution in [2.24, 2.45) is 0 Å². The second-order valence-corrected chi connectivity index (χ2v) is 5.40. The van der Waals surface area contributed by atoms with E-state index in [-0.39, 0.29) is 5.56 Å². The molecule has 1 N–H and O–H groups in total. The monoisotopic (exact) mass is 344 g/mol.